The van der Waals surface area contributed by atoms with E-state index in [-0.39, 0.29) is 13.1 Å². The molecule has 172 valence electrons. The number of fused-ring (bicyclic) bond motifs is 1. The van der Waals surface area contributed by atoms with Crippen LogP contribution < -0.4 is 20.3 Å². The highest BCUT2D eigenvalue weighted by atomic mass is 19.1. The highest BCUT2D eigenvalue weighted by molar-refractivity contribution is 5.88. The summed E-state index contributed by atoms with van der Waals surface area (Å²) in [5.41, 5.74) is 1.68. The van der Waals surface area contributed by atoms with Gasteiger partial charge in [0, 0.05) is 20.0 Å². The molecule has 4 heterocycles. The number of hydrogen-bond donors (Lipinski definition) is 2. The van der Waals surface area contributed by atoms with E-state index in [1.165, 1.54) is 7.11 Å². The molecule has 1 amide bonds. The first-order valence-electron chi connectivity index (χ1n) is 10.3. The monoisotopic (exact) mass is 453 g/mol. The van der Waals surface area contributed by atoms with Gasteiger partial charge < -0.3 is 24.8 Å². The molecule has 1 aliphatic rings. The molecule has 0 spiro atoms. The van der Waals surface area contributed by atoms with Crippen LogP contribution in [0.2, 0.25) is 0 Å². The number of methoxy groups -OCH3 is 1. The number of halogens is 1. The lowest BCUT2D eigenvalue weighted by Gasteiger charge is -2.17. The molecule has 1 fully saturated rings. The predicted molar refractivity (Wildman–Crippen MR) is 121 cm³/mol. The van der Waals surface area contributed by atoms with Crippen LogP contribution in [0.4, 0.5) is 21.8 Å². The molecule has 0 radical (unpaired) electrons. The van der Waals surface area contributed by atoms with Gasteiger partial charge in [0.2, 0.25) is 11.9 Å². The minimum atomic E-state index is -1.27. The predicted octanol–water partition coefficient (Wildman–Crippen LogP) is 1.16. The largest absolute Gasteiger partial charge is 0.478 e. The van der Waals surface area contributed by atoms with Gasteiger partial charge in [-0.05, 0) is 6.08 Å². The van der Waals surface area contributed by atoms with Crippen molar-refractivity contribution in [1.82, 2.24) is 34.6 Å². The zero-order valence-electron chi connectivity index (χ0n) is 18.3. The van der Waals surface area contributed by atoms with Crippen molar-refractivity contribution in [2.75, 3.05) is 30.4 Å². The fourth-order valence-electron chi connectivity index (χ4n) is 3.59. The number of aryl methyl sites for hydroxylation is 2. The minimum absolute atomic E-state index is 0.0399. The third-order valence-electron chi connectivity index (χ3n) is 5.25. The van der Waals surface area contributed by atoms with Crippen LogP contribution in [0.3, 0.4) is 0 Å². The van der Waals surface area contributed by atoms with Crippen molar-refractivity contribution < 1.29 is 13.9 Å². The van der Waals surface area contributed by atoms with Gasteiger partial charge in [0.05, 0.1) is 38.8 Å². The van der Waals surface area contributed by atoms with Crippen LogP contribution in [0, 0.1) is 12.3 Å². The van der Waals surface area contributed by atoms with Gasteiger partial charge >= 0.3 is 0 Å². The van der Waals surface area contributed by atoms with E-state index in [4.69, 9.17) is 11.2 Å². The molecule has 0 bridgehead atoms. The number of nitrogens with zero attached hydrogens (tertiary/aromatic N) is 7. The van der Waals surface area contributed by atoms with E-state index in [1.54, 1.807) is 26.7 Å². The number of ether oxygens (including phenoxy) is 1. The molecule has 1 aliphatic heterocycles. The molecule has 2 atom stereocenters. The second kappa shape index (κ2) is 9.15. The Morgan fingerprint density at radius 1 is 1.45 bits per heavy atom. The number of carbonyl (C=O) groups excluding carboxylic acids is 1. The maximum absolute atomic E-state index is 14.6. The van der Waals surface area contributed by atoms with Crippen molar-refractivity contribution in [3.8, 4) is 18.2 Å². The first-order chi connectivity index (χ1) is 15.9. The molecule has 0 aromatic carbocycles. The van der Waals surface area contributed by atoms with E-state index in [0.717, 1.165) is 6.08 Å². The van der Waals surface area contributed by atoms with E-state index >= 15 is 0 Å². The van der Waals surface area contributed by atoms with Gasteiger partial charge in [0.1, 0.15) is 11.9 Å². The van der Waals surface area contributed by atoms with Gasteiger partial charge in [-0.1, -0.05) is 6.58 Å². The summed E-state index contributed by atoms with van der Waals surface area (Å²) in [6.45, 7) is 4.20. The molecule has 2 N–H and O–H groups in total. The number of anilines is 3. The third kappa shape index (κ3) is 4.43. The molecular formula is C21H24FN9O2. The fraction of sp³-hybridized carbons (Fsp3) is 0.381. The summed E-state index contributed by atoms with van der Waals surface area (Å²) in [6, 6.07) is -0.688. The number of imidazole rings is 1. The van der Waals surface area contributed by atoms with E-state index in [2.05, 4.69) is 43.2 Å². The van der Waals surface area contributed by atoms with Crippen LogP contribution in [0.1, 0.15) is 6.42 Å². The molecule has 33 heavy (non-hydrogen) atoms. The van der Waals surface area contributed by atoms with E-state index in [9.17, 15) is 9.18 Å². The Bertz CT molecular complexity index is 1230. The van der Waals surface area contributed by atoms with Crippen molar-refractivity contribution in [3.05, 3.63) is 25.2 Å². The summed E-state index contributed by atoms with van der Waals surface area (Å²) < 4.78 is 23.4. The van der Waals surface area contributed by atoms with Crippen LogP contribution in [0.15, 0.2) is 25.2 Å². The van der Waals surface area contributed by atoms with E-state index in [0.29, 0.717) is 47.5 Å². The summed E-state index contributed by atoms with van der Waals surface area (Å²) in [4.78, 5) is 26.9. The lowest BCUT2D eigenvalue weighted by Crippen LogP contribution is -2.40. The second-order valence-corrected chi connectivity index (χ2v) is 7.53. The maximum atomic E-state index is 14.6. The van der Waals surface area contributed by atoms with Gasteiger partial charge in [-0.2, -0.15) is 9.97 Å². The van der Waals surface area contributed by atoms with Crippen molar-refractivity contribution in [2.45, 2.75) is 25.2 Å². The SMILES string of the molecule is C#CCCn1cc(Nc2nc(N3CC(F)C(NC(=O)C=C)C3)nc3c2ncn3C)c(OC)n1. The third-order valence-corrected chi connectivity index (χ3v) is 5.25. The molecule has 11 nitrogen and oxygen atoms in total. The second-order valence-electron chi connectivity index (χ2n) is 7.53. The minimum Gasteiger partial charge on any atom is -0.478 e. The Kier molecular flexibility index (Phi) is 6.12. The quantitative estimate of drug-likeness (QED) is 0.386. The maximum Gasteiger partial charge on any atom is 0.256 e. The highest BCUT2D eigenvalue weighted by Gasteiger charge is 2.35. The average Bonchev–Trinajstić information content (AvgIpc) is 3.49. The topological polar surface area (TPSA) is 115 Å². The Morgan fingerprint density at radius 3 is 3.00 bits per heavy atom. The molecule has 3 aromatic heterocycles. The van der Waals surface area contributed by atoms with Gasteiger partial charge in [-0.25, -0.2) is 9.37 Å². The molecule has 0 aliphatic carbocycles. The molecule has 3 aromatic rings. The summed E-state index contributed by atoms with van der Waals surface area (Å²) in [7, 11) is 3.33. The number of aromatic nitrogens is 6. The summed E-state index contributed by atoms with van der Waals surface area (Å²) in [5.74, 6) is 3.25. The summed E-state index contributed by atoms with van der Waals surface area (Å²) >= 11 is 0. The standard InChI is InChI=1S/C21H24FN9O2/c1-5-7-8-31-11-15(20(28-31)33-4)25-18-17-19(29(3)12-23-17)27-21(26-18)30-9-13(22)14(10-30)24-16(32)6-2/h1,6,11-14H,2,7-10H2,3-4H3,(H,24,32)(H,25,26,27). The summed E-state index contributed by atoms with van der Waals surface area (Å²) in [6.07, 6.45) is 9.10. The summed E-state index contributed by atoms with van der Waals surface area (Å²) in [5, 5.41) is 10.2. The number of terminal acetylenes is 1. The molecule has 2 unspecified atom stereocenters. The number of nitrogens with one attached hydrogen (secondary N) is 2. The smallest absolute Gasteiger partial charge is 0.256 e. The number of hydrogen-bond acceptors (Lipinski definition) is 8. The van der Waals surface area contributed by atoms with Gasteiger partial charge in [-0.3, -0.25) is 9.48 Å². The number of alkyl halides is 1. The van der Waals surface area contributed by atoms with Crippen molar-refractivity contribution in [3.63, 3.8) is 0 Å². The van der Waals surface area contributed by atoms with Gasteiger partial charge in [0.25, 0.3) is 5.88 Å². The molecule has 1 saturated heterocycles. The average molecular weight is 453 g/mol. The van der Waals surface area contributed by atoms with E-state index < -0.39 is 18.1 Å². The Hall–Kier alpha value is -4.14. The Balaban J connectivity index is 1.66. The Morgan fingerprint density at radius 2 is 2.27 bits per heavy atom. The van der Waals surface area contributed by atoms with Crippen molar-refractivity contribution in [1.29, 1.82) is 0 Å². The van der Waals surface area contributed by atoms with Gasteiger partial charge in [0.15, 0.2) is 17.0 Å². The first-order valence-corrected chi connectivity index (χ1v) is 10.3. The van der Waals surface area contributed by atoms with Crippen LogP contribution >= 0.6 is 0 Å². The zero-order valence-corrected chi connectivity index (χ0v) is 18.3. The molecule has 4 rings (SSSR count). The Labute approximate surface area is 189 Å². The van der Waals surface area contributed by atoms with Crippen LogP contribution in [0.25, 0.3) is 11.2 Å². The lowest BCUT2D eigenvalue weighted by atomic mass is 10.2. The first kappa shape index (κ1) is 22.1. The molecule has 0 saturated carbocycles. The highest BCUT2D eigenvalue weighted by Crippen LogP contribution is 2.30. The molecular weight excluding hydrogens is 429 g/mol. The lowest BCUT2D eigenvalue weighted by molar-refractivity contribution is -0.117. The van der Waals surface area contributed by atoms with Gasteiger partial charge in [-0.15, -0.1) is 17.4 Å². The van der Waals surface area contributed by atoms with Crippen LogP contribution in [-0.4, -0.2) is 67.6 Å². The van der Waals surface area contributed by atoms with Crippen LogP contribution in [-0.2, 0) is 18.4 Å². The number of carbonyl (C=O) groups is 1. The normalized spacial score (nSPS) is 17.7. The fourth-order valence-corrected chi connectivity index (χ4v) is 3.59. The molecule has 12 heteroatoms. The zero-order chi connectivity index (χ0) is 23.5. The van der Waals surface area contributed by atoms with Crippen molar-refractivity contribution in [2.24, 2.45) is 7.05 Å². The number of amides is 1. The number of rotatable bonds is 8. The van der Waals surface area contributed by atoms with Crippen molar-refractivity contribution >= 4 is 34.5 Å². The van der Waals surface area contributed by atoms with E-state index in [1.807, 2.05) is 7.05 Å². The van der Waals surface area contributed by atoms with Crippen LogP contribution in [0.5, 0.6) is 5.88 Å².